The average Bonchev–Trinajstić information content (AvgIpc) is 2.35. The molecule has 2 aromatic rings. The van der Waals surface area contributed by atoms with Crippen LogP contribution in [0.4, 0.5) is 4.39 Å². The molecule has 2 aromatic carbocycles. The van der Waals surface area contributed by atoms with Crippen LogP contribution in [0.3, 0.4) is 0 Å². The second kappa shape index (κ2) is 5.13. The average molecular weight is 242 g/mol. The summed E-state index contributed by atoms with van der Waals surface area (Å²) in [6, 6.07) is 12.3. The van der Waals surface area contributed by atoms with E-state index in [9.17, 15) is 9.18 Å². The maximum absolute atomic E-state index is 13.1. The maximum atomic E-state index is 13.1. The third kappa shape index (κ3) is 2.65. The van der Waals surface area contributed by atoms with Crippen LogP contribution in [-0.4, -0.2) is 5.78 Å². The Morgan fingerprint density at radius 2 is 1.78 bits per heavy atom. The molecule has 0 radical (unpaired) electrons. The van der Waals surface area contributed by atoms with E-state index in [1.54, 1.807) is 19.1 Å². The van der Waals surface area contributed by atoms with Gasteiger partial charge in [-0.1, -0.05) is 24.3 Å². The molecular formula is C16H15FO. The summed E-state index contributed by atoms with van der Waals surface area (Å²) in [5.41, 5.74) is 3.19. The predicted octanol–water partition coefficient (Wildman–Crippen LogP) is 3.87. The molecule has 0 aliphatic heterocycles. The third-order valence-corrected chi connectivity index (χ3v) is 3.09. The molecule has 0 saturated carbocycles. The van der Waals surface area contributed by atoms with Crippen LogP contribution >= 0.6 is 0 Å². The van der Waals surface area contributed by atoms with E-state index < -0.39 is 0 Å². The first-order chi connectivity index (χ1) is 8.58. The molecular weight excluding hydrogens is 227 g/mol. The Bertz CT molecular complexity index is 587. The molecule has 18 heavy (non-hydrogen) atoms. The molecule has 0 N–H and O–H groups in total. The van der Waals surface area contributed by atoms with Crippen LogP contribution in [0.2, 0.25) is 0 Å². The van der Waals surface area contributed by atoms with E-state index in [1.165, 1.54) is 6.07 Å². The Morgan fingerprint density at radius 3 is 2.44 bits per heavy atom. The summed E-state index contributed by atoms with van der Waals surface area (Å²) in [5.74, 6) is -0.255. The highest BCUT2D eigenvalue weighted by molar-refractivity contribution is 5.97. The molecule has 2 rings (SSSR count). The molecule has 0 heterocycles. The van der Waals surface area contributed by atoms with Gasteiger partial charge < -0.3 is 0 Å². The van der Waals surface area contributed by atoms with Crippen molar-refractivity contribution >= 4 is 5.78 Å². The van der Waals surface area contributed by atoms with Gasteiger partial charge in [0.15, 0.2) is 5.78 Å². The molecule has 92 valence electrons. The number of carbonyl (C=O) groups excluding carboxylic acids is 1. The molecule has 0 atom stereocenters. The zero-order valence-electron chi connectivity index (χ0n) is 10.5. The number of rotatable bonds is 3. The highest BCUT2D eigenvalue weighted by atomic mass is 19.1. The lowest BCUT2D eigenvalue weighted by molar-refractivity contribution is 0.0992. The van der Waals surface area contributed by atoms with Crippen molar-refractivity contribution in [3.05, 3.63) is 70.5 Å². The highest BCUT2D eigenvalue weighted by Gasteiger charge is 2.10. The van der Waals surface area contributed by atoms with Gasteiger partial charge in [0.1, 0.15) is 5.82 Å². The van der Waals surface area contributed by atoms with Gasteiger partial charge in [-0.05, 0) is 48.7 Å². The first-order valence-corrected chi connectivity index (χ1v) is 5.92. The summed E-state index contributed by atoms with van der Waals surface area (Å²) in [4.78, 5) is 12.1. The Hall–Kier alpha value is -1.96. The van der Waals surface area contributed by atoms with Gasteiger partial charge in [-0.3, -0.25) is 4.79 Å². The largest absolute Gasteiger partial charge is 0.294 e. The summed E-state index contributed by atoms with van der Waals surface area (Å²) in [5, 5.41) is 0. The van der Waals surface area contributed by atoms with Crippen LogP contribution in [0.15, 0.2) is 42.5 Å². The second-order valence-electron chi connectivity index (χ2n) is 4.49. The van der Waals surface area contributed by atoms with Crippen molar-refractivity contribution in [3.8, 4) is 0 Å². The van der Waals surface area contributed by atoms with E-state index in [0.29, 0.717) is 17.5 Å². The molecule has 0 fully saturated rings. The van der Waals surface area contributed by atoms with Crippen molar-refractivity contribution < 1.29 is 9.18 Å². The fourth-order valence-electron chi connectivity index (χ4n) is 1.90. The molecule has 0 amide bonds. The molecule has 1 nitrogen and oxygen atoms in total. The number of hydrogen-bond donors (Lipinski definition) is 0. The third-order valence-electron chi connectivity index (χ3n) is 3.09. The molecule has 0 saturated heterocycles. The lowest BCUT2D eigenvalue weighted by Crippen LogP contribution is -2.05. The minimum absolute atomic E-state index is 0.0207. The van der Waals surface area contributed by atoms with Gasteiger partial charge >= 0.3 is 0 Å². The summed E-state index contributed by atoms with van der Waals surface area (Å²) in [6.07, 6.45) is 0.359. The van der Waals surface area contributed by atoms with Gasteiger partial charge in [0.05, 0.1) is 0 Å². The number of halogens is 1. The smallest absolute Gasteiger partial charge is 0.167 e. The minimum atomic E-state index is -0.276. The van der Waals surface area contributed by atoms with E-state index in [-0.39, 0.29) is 11.6 Å². The Balaban J connectivity index is 2.22. The van der Waals surface area contributed by atoms with Crippen LogP contribution in [0.1, 0.15) is 27.0 Å². The topological polar surface area (TPSA) is 17.1 Å². The number of Topliss-reactive ketones (excluding diaryl/α,β-unsaturated/α-hetero) is 1. The van der Waals surface area contributed by atoms with Crippen molar-refractivity contribution in [1.82, 2.24) is 0 Å². The highest BCUT2D eigenvalue weighted by Crippen LogP contribution is 2.14. The summed E-state index contributed by atoms with van der Waals surface area (Å²) < 4.78 is 13.1. The molecule has 2 heteroatoms. The van der Waals surface area contributed by atoms with E-state index in [2.05, 4.69) is 0 Å². The molecule has 0 aliphatic carbocycles. The standard InChI is InChI=1S/C16H15FO/c1-11-5-3-4-6-13(11)10-16(18)14-7-8-15(17)12(2)9-14/h3-9H,10H2,1-2H3. The van der Waals surface area contributed by atoms with Crippen molar-refractivity contribution in [1.29, 1.82) is 0 Å². The lowest BCUT2D eigenvalue weighted by Gasteiger charge is -2.06. The van der Waals surface area contributed by atoms with E-state index in [4.69, 9.17) is 0 Å². The Kier molecular flexibility index (Phi) is 3.56. The van der Waals surface area contributed by atoms with Gasteiger partial charge in [0, 0.05) is 12.0 Å². The van der Waals surface area contributed by atoms with Gasteiger partial charge in [-0.25, -0.2) is 4.39 Å². The van der Waals surface area contributed by atoms with E-state index >= 15 is 0 Å². The maximum Gasteiger partial charge on any atom is 0.167 e. The summed E-state index contributed by atoms with van der Waals surface area (Å²) >= 11 is 0. The monoisotopic (exact) mass is 242 g/mol. The summed E-state index contributed by atoms with van der Waals surface area (Å²) in [7, 11) is 0. The predicted molar refractivity (Wildman–Crippen MR) is 70.4 cm³/mol. The van der Waals surface area contributed by atoms with Crippen LogP contribution in [-0.2, 0) is 6.42 Å². The Labute approximate surface area is 106 Å². The molecule has 0 aromatic heterocycles. The minimum Gasteiger partial charge on any atom is -0.294 e. The SMILES string of the molecule is Cc1cc(C(=O)Cc2ccccc2C)ccc1F. The fraction of sp³-hybridized carbons (Fsp3) is 0.188. The van der Waals surface area contributed by atoms with Crippen molar-refractivity contribution in [2.24, 2.45) is 0 Å². The summed E-state index contributed by atoms with van der Waals surface area (Å²) in [6.45, 7) is 3.65. The number of carbonyl (C=O) groups is 1. The zero-order valence-corrected chi connectivity index (χ0v) is 10.5. The molecule has 0 bridgehead atoms. The van der Waals surface area contributed by atoms with E-state index in [1.807, 2.05) is 31.2 Å². The van der Waals surface area contributed by atoms with Crippen LogP contribution in [0.5, 0.6) is 0 Å². The molecule has 0 spiro atoms. The number of benzene rings is 2. The van der Waals surface area contributed by atoms with Gasteiger partial charge in [0.2, 0.25) is 0 Å². The van der Waals surface area contributed by atoms with Crippen molar-refractivity contribution in [2.45, 2.75) is 20.3 Å². The van der Waals surface area contributed by atoms with Crippen molar-refractivity contribution in [3.63, 3.8) is 0 Å². The molecule has 0 unspecified atom stereocenters. The fourth-order valence-corrected chi connectivity index (χ4v) is 1.90. The lowest BCUT2D eigenvalue weighted by atomic mass is 9.98. The Morgan fingerprint density at radius 1 is 1.06 bits per heavy atom. The number of aryl methyl sites for hydroxylation is 2. The van der Waals surface area contributed by atoms with Crippen molar-refractivity contribution in [2.75, 3.05) is 0 Å². The first kappa shape index (κ1) is 12.5. The van der Waals surface area contributed by atoms with Crippen LogP contribution in [0, 0.1) is 19.7 Å². The second-order valence-corrected chi connectivity index (χ2v) is 4.49. The molecule has 0 aliphatic rings. The quantitative estimate of drug-likeness (QED) is 0.747. The van der Waals surface area contributed by atoms with Gasteiger partial charge in [-0.2, -0.15) is 0 Å². The zero-order chi connectivity index (χ0) is 13.1. The first-order valence-electron chi connectivity index (χ1n) is 5.92. The van der Waals surface area contributed by atoms with Crippen LogP contribution < -0.4 is 0 Å². The normalized spacial score (nSPS) is 10.4. The number of ketones is 1. The van der Waals surface area contributed by atoms with E-state index in [0.717, 1.165) is 11.1 Å². The van der Waals surface area contributed by atoms with Gasteiger partial charge in [0.25, 0.3) is 0 Å². The number of hydrogen-bond acceptors (Lipinski definition) is 1. The van der Waals surface area contributed by atoms with Gasteiger partial charge in [-0.15, -0.1) is 0 Å². The van der Waals surface area contributed by atoms with Crippen LogP contribution in [0.25, 0.3) is 0 Å².